The monoisotopic (exact) mass is 284 g/mol. The molecule has 1 amide bonds. The Morgan fingerprint density at radius 1 is 1.47 bits per heavy atom. The van der Waals surface area contributed by atoms with Crippen molar-refractivity contribution in [3.63, 3.8) is 0 Å². The SMILES string of the molecule is CCN(CC(C)C(=O)O)C(=O)c1cc(C)nc(Cl)c1. The number of carboxylic acid groups (broad SMARTS) is 1. The van der Waals surface area contributed by atoms with Gasteiger partial charge >= 0.3 is 5.97 Å². The van der Waals surface area contributed by atoms with Crippen molar-refractivity contribution in [2.24, 2.45) is 5.92 Å². The average Bonchev–Trinajstić information content (AvgIpc) is 2.33. The van der Waals surface area contributed by atoms with Gasteiger partial charge in [0.1, 0.15) is 5.15 Å². The Morgan fingerprint density at radius 3 is 2.58 bits per heavy atom. The van der Waals surface area contributed by atoms with Gasteiger partial charge in [-0.05, 0) is 26.0 Å². The van der Waals surface area contributed by atoms with E-state index >= 15 is 0 Å². The normalized spacial score (nSPS) is 12.0. The molecule has 0 aliphatic carbocycles. The maximum atomic E-state index is 12.3. The second kappa shape index (κ2) is 6.52. The van der Waals surface area contributed by atoms with Crippen molar-refractivity contribution in [2.45, 2.75) is 20.8 Å². The van der Waals surface area contributed by atoms with E-state index < -0.39 is 11.9 Å². The number of aliphatic carboxylic acids is 1. The Morgan fingerprint density at radius 2 is 2.11 bits per heavy atom. The van der Waals surface area contributed by atoms with Crippen molar-refractivity contribution < 1.29 is 14.7 Å². The van der Waals surface area contributed by atoms with Gasteiger partial charge in [0.25, 0.3) is 5.91 Å². The Kier molecular flexibility index (Phi) is 5.30. The summed E-state index contributed by atoms with van der Waals surface area (Å²) in [5, 5.41) is 9.15. The molecule has 0 aromatic carbocycles. The van der Waals surface area contributed by atoms with Crippen LogP contribution in [-0.4, -0.2) is 40.0 Å². The predicted molar refractivity (Wildman–Crippen MR) is 72.4 cm³/mol. The third-order valence-electron chi connectivity index (χ3n) is 2.75. The van der Waals surface area contributed by atoms with Gasteiger partial charge in [-0.3, -0.25) is 9.59 Å². The molecule has 1 aromatic heterocycles. The molecule has 6 heteroatoms. The van der Waals surface area contributed by atoms with Crippen LogP contribution in [-0.2, 0) is 4.79 Å². The minimum absolute atomic E-state index is 0.170. The average molecular weight is 285 g/mol. The minimum atomic E-state index is -0.921. The molecule has 5 nitrogen and oxygen atoms in total. The van der Waals surface area contributed by atoms with E-state index in [1.807, 2.05) is 6.92 Å². The molecule has 0 fully saturated rings. The van der Waals surface area contributed by atoms with Gasteiger partial charge in [-0.15, -0.1) is 0 Å². The third-order valence-corrected chi connectivity index (χ3v) is 2.95. The first-order chi connectivity index (χ1) is 8.85. The van der Waals surface area contributed by atoms with Crippen molar-refractivity contribution in [1.29, 1.82) is 0 Å². The molecular formula is C13H17ClN2O3. The van der Waals surface area contributed by atoms with Crippen LogP contribution >= 0.6 is 11.6 Å². The Labute approximate surface area is 117 Å². The van der Waals surface area contributed by atoms with Crippen LogP contribution in [0.2, 0.25) is 5.15 Å². The van der Waals surface area contributed by atoms with Crippen LogP contribution in [0.4, 0.5) is 0 Å². The van der Waals surface area contributed by atoms with Crippen LogP contribution < -0.4 is 0 Å². The Hall–Kier alpha value is -1.62. The number of hydrogen-bond donors (Lipinski definition) is 1. The summed E-state index contributed by atoms with van der Waals surface area (Å²) in [6.45, 7) is 5.74. The fourth-order valence-electron chi connectivity index (χ4n) is 1.70. The number of carboxylic acids is 1. The van der Waals surface area contributed by atoms with E-state index in [4.69, 9.17) is 16.7 Å². The van der Waals surface area contributed by atoms with Gasteiger partial charge in [0, 0.05) is 24.3 Å². The van der Waals surface area contributed by atoms with Crippen molar-refractivity contribution in [3.8, 4) is 0 Å². The molecule has 1 rings (SSSR count). The maximum Gasteiger partial charge on any atom is 0.308 e. The summed E-state index contributed by atoms with van der Waals surface area (Å²) in [6.07, 6.45) is 0. The zero-order valence-corrected chi connectivity index (χ0v) is 11.9. The summed E-state index contributed by atoms with van der Waals surface area (Å²) < 4.78 is 0. The molecule has 0 aliphatic heterocycles. The van der Waals surface area contributed by atoms with Crippen LogP contribution in [0.3, 0.4) is 0 Å². The number of rotatable bonds is 5. The van der Waals surface area contributed by atoms with Gasteiger partial charge < -0.3 is 10.0 Å². The smallest absolute Gasteiger partial charge is 0.308 e. The lowest BCUT2D eigenvalue weighted by Crippen LogP contribution is -2.36. The molecular weight excluding hydrogens is 268 g/mol. The lowest BCUT2D eigenvalue weighted by Gasteiger charge is -2.23. The maximum absolute atomic E-state index is 12.3. The molecule has 1 aromatic rings. The second-order valence-electron chi connectivity index (χ2n) is 4.40. The van der Waals surface area contributed by atoms with E-state index in [1.165, 1.54) is 11.0 Å². The molecule has 0 bridgehead atoms. The molecule has 104 valence electrons. The van der Waals surface area contributed by atoms with E-state index in [1.54, 1.807) is 19.9 Å². The van der Waals surface area contributed by atoms with Gasteiger partial charge in [-0.2, -0.15) is 0 Å². The number of aryl methyl sites for hydroxylation is 1. The largest absolute Gasteiger partial charge is 0.481 e. The molecule has 0 aliphatic rings. The Balaban J connectivity index is 2.92. The van der Waals surface area contributed by atoms with Crippen LogP contribution in [0.25, 0.3) is 0 Å². The molecule has 1 heterocycles. The number of halogens is 1. The highest BCUT2D eigenvalue weighted by molar-refractivity contribution is 6.29. The third kappa shape index (κ3) is 4.21. The Bertz CT molecular complexity index is 471. The number of hydrogen-bond acceptors (Lipinski definition) is 3. The van der Waals surface area contributed by atoms with Crippen molar-refractivity contribution in [3.05, 3.63) is 28.5 Å². The quantitative estimate of drug-likeness (QED) is 0.842. The molecule has 1 N–H and O–H groups in total. The van der Waals surface area contributed by atoms with Gasteiger partial charge in [0.2, 0.25) is 0 Å². The standard InChI is InChI=1S/C13H17ClN2O3/c1-4-16(7-8(2)13(18)19)12(17)10-5-9(3)15-11(14)6-10/h5-6,8H,4,7H2,1-3H3,(H,18,19). The summed E-state index contributed by atoms with van der Waals surface area (Å²) >= 11 is 5.82. The first kappa shape index (κ1) is 15.4. The van der Waals surface area contributed by atoms with Gasteiger partial charge in [0.15, 0.2) is 0 Å². The van der Waals surface area contributed by atoms with E-state index in [0.717, 1.165) is 0 Å². The number of nitrogens with zero attached hydrogens (tertiary/aromatic N) is 2. The summed E-state index contributed by atoms with van der Waals surface area (Å²) in [4.78, 5) is 28.6. The highest BCUT2D eigenvalue weighted by Gasteiger charge is 2.21. The molecule has 0 spiro atoms. The zero-order valence-electron chi connectivity index (χ0n) is 11.2. The molecule has 1 unspecified atom stereocenters. The van der Waals surface area contributed by atoms with Crippen molar-refractivity contribution in [2.75, 3.05) is 13.1 Å². The second-order valence-corrected chi connectivity index (χ2v) is 4.79. The van der Waals surface area contributed by atoms with Gasteiger partial charge in [0.05, 0.1) is 5.92 Å². The summed E-state index contributed by atoms with van der Waals surface area (Å²) in [5.41, 5.74) is 1.08. The lowest BCUT2D eigenvalue weighted by molar-refractivity contribution is -0.141. The van der Waals surface area contributed by atoms with Crippen LogP contribution in [0, 0.1) is 12.8 Å². The lowest BCUT2D eigenvalue weighted by atomic mass is 10.1. The molecule has 0 saturated carbocycles. The fourth-order valence-corrected chi connectivity index (χ4v) is 1.95. The number of carbonyl (C=O) groups excluding carboxylic acids is 1. The van der Waals surface area contributed by atoms with Crippen LogP contribution in [0.5, 0.6) is 0 Å². The number of carbonyl (C=O) groups is 2. The highest BCUT2D eigenvalue weighted by atomic mass is 35.5. The predicted octanol–water partition coefficient (Wildman–Crippen LogP) is 2.23. The van der Waals surface area contributed by atoms with E-state index in [0.29, 0.717) is 17.8 Å². The topological polar surface area (TPSA) is 70.5 Å². The first-order valence-electron chi connectivity index (χ1n) is 6.01. The zero-order chi connectivity index (χ0) is 14.6. The van der Waals surface area contributed by atoms with E-state index in [-0.39, 0.29) is 17.6 Å². The van der Waals surface area contributed by atoms with E-state index in [9.17, 15) is 9.59 Å². The molecule has 0 radical (unpaired) electrons. The summed E-state index contributed by atoms with van der Waals surface area (Å²) in [6, 6.07) is 3.13. The van der Waals surface area contributed by atoms with Gasteiger partial charge in [-0.1, -0.05) is 18.5 Å². The summed E-state index contributed by atoms with van der Waals surface area (Å²) in [5.74, 6) is -1.76. The summed E-state index contributed by atoms with van der Waals surface area (Å²) in [7, 11) is 0. The molecule has 19 heavy (non-hydrogen) atoms. The molecule has 0 saturated heterocycles. The van der Waals surface area contributed by atoms with Crippen LogP contribution in [0.1, 0.15) is 29.9 Å². The van der Waals surface area contributed by atoms with Crippen molar-refractivity contribution >= 4 is 23.5 Å². The van der Waals surface area contributed by atoms with Crippen molar-refractivity contribution in [1.82, 2.24) is 9.88 Å². The number of pyridine rings is 1. The molecule has 1 atom stereocenters. The number of aromatic nitrogens is 1. The first-order valence-corrected chi connectivity index (χ1v) is 6.39. The van der Waals surface area contributed by atoms with Gasteiger partial charge in [-0.25, -0.2) is 4.98 Å². The van der Waals surface area contributed by atoms with Crippen LogP contribution in [0.15, 0.2) is 12.1 Å². The minimum Gasteiger partial charge on any atom is -0.481 e. The number of amides is 1. The highest BCUT2D eigenvalue weighted by Crippen LogP contribution is 2.13. The fraction of sp³-hybridized carbons (Fsp3) is 0.462. The van der Waals surface area contributed by atoms with E-state index in [2.05, 4.69) is 4.98 Å².